The number of fused-ring (bicyclic) bond motifs is 3. The van der Waals surface area contributed by atoms with Crippen molar-refractivity contribution < 1.29 is 87.2 Å². The van der Waals surface area contributed by atoms with Gasteiger partial charge in [-0.15, -0.1) is 0 Å². The molecule has 6 aromatic rings. The molecule has 0 saturated carbocycles. The van der Waals surface area contributed by atoms with Crippen LogP contribution in [0.3, 0.4) is 0 Å². The molecule has 0 aliphatic carbocycles. The molecule has 0 fully saturated rings. The van der Waals surface area contributed by atoms with E-state index in [2.05, 4.69) is 60.8 Å². The van der Waals surface area contributed by atoms with E-state index in [1.807, 2.05) is 57.5 Å². The van der Waals surface area contributed by atoms with Crippen LogP contribution in [-0.2, 0) is 92.3 Å². The van der Waals surface area contributed by atoms with Gasteiger partial charge in [0, 0.05) is 151 Å². The van der Waals surface area contributed by atoms with Crippen molar-refractivity contribution in [2.45, 2.75) is 96.1 Å². The standard InChI is InChI=1S/C79H105Cl6N12O19PS3/c1-95-47-66(63-41-57(80)44-72(83)69(63)50-95)54-8-4-11-60(38-54)118(105,106)91-23-29-114-35-32-111-26-20-86-75(98)14-17-79(94-78(101)90-53-117(102,103)104,18-15-76(99)87-21-27-112-33-36-115-30-24-92-119(107,108)61-12-5-9-55(39-61)67-48-96(2)51-70-64(67)42-58(81)45-73(70)84)16-7-19-88-77(100)89-22-28-113-34-37-116-31-25-93-120(109,110)62-13-6-10-56(40-62)68-49-97(3)52-71-65(68)43-59(82)46-74(71)85/h4-6,8-13,38-46,66-68,91-93H,7,14-37,47-53H2,1-3H3,(H,86,98)(H,87,99)(H2,88,89,100)(H2,90,94,101)(H2,102,103,104)/t66-,67-,68-/m0/s1. The lowest BCUT2D eigenvalue weighted by Crippen LogP contribution is -2.53. The highest BCUT2D eigenvalue weighted by atomic mass is 35.5. The van der Waals surface area contributed by atoms with Gasteiger partial charge >= 0.3 is 19.7 Å². The maximum atomic E-state index is 13.5. The summed E-state index contributed by atoms with van der Waals surface area (Å²) in [5.74, 6) is -1.45. The van der Waals surface area contributed by atoms with E-state index in [1.54, 1.807) is 54.6 Å². The van der Waals surface area contributed by atoms with E-state index in [9.17, 15) is 58.8 Å². The molecule has 3 atom stereocenters. The Labute approximate surface area is 731 Å². The average molecular weight is 1870 g/mol. The number of likely N-dealkylation sites (N-methyl/N-ethyl adjacent to an activating group) is 3. The zero-order valence-electron chi connectivity index (χ0n) is 66.9. The Balaban J connectivity index is 0.699. The lowest BCUT2D eigenvalue weighted by atomic mass is 9.83. The zero-order chi connectivity index (χ0) is 86.6. The molecule has 0 bridgehead atoms. The second-order valence-corrected chi connectivity index (χ2v) is 38.9. The van der Waals surface area contributed by atoms with Crippen LogP contribution in [0.15, 0.2) is 124 Å². The number of benzene rings is 6. The number of carbonyl (C=O) groups excluding carboxylic acids is 4. The molecule has 0 radical (unpaired) electrons. The number of urea groups is 2. The Morgan fingerprint density at radius 1 is 0.417 bits per heavy atom. The minimum Gasteiger partial charge on any atom is -0.378 e. The van der Waals surface area contributed by atoms with Crippen molar-refractivity contribution in [3.8, 4) is 0 Å². The van der Waals surface area contributed by atoms with Crippen molar-refractivity contribution in [2.24, 2.45) is 0 Å². The van der Waals surface area contributed by atoms with Crippen molar-refractivity contribution in [3.05, 3.63) is 189 Å². The van der Waals surface area contributed by atoms with Crippen molar-refractivity contribution >= 4 is 131 Å². The highest BCUT2D eigenvalue weighted by molar-refractivity contribution is 7.90. The molecule has 0 unspecified atom stereocenters. The summed E-state index contributed by atoms with van der Waals surface area (Å²) in [6.07, 6.45) is -1.43. The van der Waals surface area contributed by atoms with Crippen molar-refractivity contribution in [2.75, 3.05) is 172 Å². The summed E-state index contributed by atoms with van der Waals surface area (Å²) in [6, 6.07) is 29.3. The largest absolute Gasteiger partial charge is 0.378 e. The lowest BCUT2D eigenvalue weighted by Gasteiger charge is -2.35. The molecule has 0 saturated heterocycles. The molecular formula is C79H105Cl6N12O19PS3. The molecule has 120 heavy (non-hydrogen) atoms. The summed E-state index contributed by atoms with van der Waals surface area (Å²) < 4.78 is 134. The molecule has 0 aromatic heterocycles. The Kier molecular flexibility index (Phi) is 38.7. The van der Waals surface area contributed by atoms with Crippen LogP contribution in [0.25, 0.3) is 0 Å². The van der Waals surface area contributed by atoms with E-state index in [-0.39, 0.29) is 196 Å². The minimum absolute atomic E-state index is 0.0147. The number of hydrogen-bond acceptors (Lipinski definition) is 20. The summed E-state index contributed by atoms with van der Waals surface area (Å²) in [5.41, 5.74) is 6.64. The molecule has 11 N–H and O–H groups in total. The number of carbonyl (C=O) groups is 4. The second-order valence-electron chi connectivity index (χ2n) is 29.4. The number of halogens is 6. The number of nitrogens with zero attached hydrogens (tertiary/aromatic N) is 3. The van der Waals surface area contributed by atoms with Gasteiger partial charge in [0.2, 0.25) is 41.9 Å². The fraction of sp³-hybridized carbons (Fsp3) is 0.494. The van der Waals surface area contributed by atoms with E-state index in [0.29, 0.717) is 69.4 Å². The van der Waals surface area contributed by atoms with E-state index < -0.39 is 73.4 Å². The summed E-state index contributed by atoms with van der Waals surface area (Å²) in [4.78, 5) is 79.4. The quantitative estimate of drug-likeness (QED) is 0.0126. The second kappa shape index (κ2) is 47.4. The molecule has 3 aliphatic rings. The normalized spacial score (nSPS) is 16.1. The van der Waals surface area contributed by atoms with Crippen LogP contribution in [0.4, 0.5) is 9.59 Å². The van der Waals surface area contributed by atoms with Crippen LogP contribution in [0.5, 0.6) is 0 Å². The maximum absolute atomic E-state index is 13.5. The average Bonchev–Trinajstić information content (AvgIpc) is 0.780. The SMILES string of the molecule is CN1Cc2c(Cl)cc(Cl)cc2[C@H](c2cccc(S(=O)(=O)NCCOCCOCCNC(=O)CCC(CCCNC(=O)NCCOCCOCCNS(=O)(=O)c3cccc([C@@H]4CN(C)Cc5c(Cl)cc(Cl)cc54)c3)(CCC(=O)NCCOCCOCCNS(=O)(=O)c3cccc([C@@H]4CN(C)Cc5c(Cl)cc(Cl)cc54)c3)NC(=O)NCP(=O)(O)O)c2)C1. The van der Waals surface area contributed by atoms with Gasteiger partial charge in [-0.2, -0.15) is 0 Å². The Morgan fingerprint density at radius 3 is 1.07 bits per heavy atom. The van der Waals surface area contributed by atoms with Crippen LogP contribution < -0.4 is 46.1 Å². The zero-order valence-corrected chi connectivity index (χ0v) is 74.7. The van der Waals surface area contributed by atoms with Gasteiger partial charge in [-0.3, -0.25) is 14.2 Å². The predicted molar refractivity (Wildman–Crippen MR) is 460 cm³/mol. The first-order chi connectivity index (χ1) is 57.2. The number of ether oxygens (including phenoxy) is 6. The maximum Gasteiger partial charge on any atom is 0.344 e. The third kappa shape index (κ3) is 31.0. The van der Waals surface area contributed by atoms with Crippen LogP contribution in [0, 0.1) is 0 Å². The Morgan fingerprint density at radius 2 is 0.733 bits per heavy atom. The van der Waals surface area contributed by atoms with Gasteiger partial charge in [0.25, 0.3) is 0 Å². The fourth-order valence-corrected chi connectivity index (χ4v) is 19.7. The molecule has 3 heterocycles. The van der Waals surface area contributed by atoms with Gasteiger partial charge in [-0.1, -0.05) is 106 Å². The summed E-state index contributed by atoms with van der Waals surface area (Å²) in [6.45, 7) is 4.85. The number of rotatable bonds is 49. The van der Waals surface area contributed by atoms with Gasteiger partial charge in [-0.05, 0) is 170 Å². The van der Waals surface area contributed by atoms with Gasteiger partial charge in [0.05, 0.1) is 94.0 Å². The van der Waals surface area contributed by atoms with Gasteiger partial charge in [0.15, 0.2) is 0 Å². The topological polar surface area (TPSA) is 402 Å². The molecule has 0 spiro atoms. The smallest absolute Gasteiger partial charge is 0.344 e. The molecule has 41 heteroatoms. The number of amides is 6. The molecule has 9 rings (SSSR count). The number of hydrogen-bond donors (Lipinski definition) is 11. The molecule has 6 amide bonds. The van der Waals surface area contributed by atoms with Crippen LogP contribution >= 0.6 is 77.2 Å². The van der Waals surface area contributed by atoms with Crippen LogP contribution in [0.2, 0.25) is 30.1 Å². The lowest BCUT2D eigenvalue weighted by molar-refractivity contribution is -0.121. The summed E-state index contributed by atoms with van der Waals surface area (Å²) >= 11 is 38.9. The van der Waals surface area contributed by atoms with Gasteiger partial charge in [0.1, 0.15) is 6.29 Å². The Bertz CT molecular complexity index is 4700. The fourth-order valence-electron chi connectivity index (χ4n) is 14.4. The highest BCUT2D eigenvalue weighted by Gasteiger charge is 2.36. The van der Waals surface area contributed by atoms with Gasteiger partial charge < -0.3 is 84.8 Å². The Hall–Kier alpha value is -5.94. The molecular weight excluding hydrogens is 1760 g/mol. The molecule has 6 aromatic carbocycles. The third-order valence-electron chi connectivity index (χ3n) is 20.2. The molecule has 660 valence electrons. The predicted octanol–water partition coefficient (Wildman–Crippen LogP) is 8.72. The van der Waals surface area contributed by atoms with E-state index in [4.69, 9.17) is 98.0 Å². The van der Waals surface area contributed by atoms with Crippen LogP contribution in [0.1, 0.15) is 106 Å². The summed E-state index contributed by atoms with van der Waals surface area (Å²) in [7, 11) is -10.6. The third-order valence-corrected chi connectivity index (χ3v) is 26.8. The number of nitrogens with one attached hydrogen (secondary N) is 9. The molecule has 31 nitrogen and oxygen atoms in total. The van der Waals surface area contributed by atoms with E-state index >= 15 is 0 Å². The van der Waals surface area contributed by atoms with E-state index in [0.717, 1.165) is 50.1 Å². The molecule has 3 aliphatic heterocycles. The monoisotopic (exact) mass is 1860 g/mol. The van der Waals surface area contributed by atoms with Crippen molar-refractivity contribution in [3.63, 3.8) is 0 Å². The minimum atomic E-state index is -4.75. The highest BCUT2D eigenvalue weighted by Crippen LogP contribution is 2.43. The summed E-state index contributed by atoms with van der Waals surface area (Å²) in [5, 5.41) is 19.0. The first-order valence-electron chi connectivity index (χ1n) is 39.1. The van der Waals surface area contributed by atoms with Crippen LogP contribution in [-0.4, -0.2) is 251 Å². The van der Waals surface area contributed by atoms with E-state index in [1.165, 1.54) is 18.2 Å². The first kappa shape index (κ1) is 97.9. The first-order valence-corrected chi connectivity index (χ1v) is 47.6. The van der Waals surface area contributed by atoms with Gasteiger partial charge in [-0.25, -0.2) is 49.0 Å². The van der Waals surface area contributed by atoms with Crippen molar-refractivity contribution in [1.29, 1.82) is 0 Å². The number of sulfonamides is 3. The van der Waals surface area contributed by atoms with Crippen molar-refractivity contribution in [1.82, 2.24) is 60.8 Å².